The summed E-state index contributed by atoms with van der Waals surface area (Å²) in [5.41, 5.74) is 1.36. The van der Waals surface area contributed by atoms with Crippen molar-refractivity contribution in [2.75, 3.05) is 11.4 Å². The van der Waals surface area contributed by atoms with Gasteiger partial charge >= 0.3 is 0 Å². The van der Waals surface area contributed by atoms with E-state index in [2.05, 4.69) is 34.3 Å². The molecule has 2 heterocycles. The van der Waals surface area contributed by atoms with E-state index in [1.165, 1.54) is 31.2 Å². The molecule has 1 saturated heterocycles. The molecular formula is C14H21N3. The lowest BCUT2D eigenvalue weighted by molar-refractivity contribution is 0.684. The SMILES string of the molecule is CC1CCCN1c1cc(CNC2CC2)ccn1. The van der Waals surface area contributed by atoms with E-state index in [-0.39, 0.29) is 0 Å². The Balaban J connectivity index is 1.68. The summed E-state index contributed by atoms with van der Waals surface area (Å²) >= 11 is 0. The predicted molar refractivity (Wildman–Crippen MR) is 70.1 cm³/mol. The Hall–Kier alpha value is -1.09. The van der Waals surface area contributed by atoms with Gasteiger partial charge in [0.05, 0.1) is 0 Å². The molecule has 0 amide bonds. The molecule has 1 saturated carbocycles. The van der Waals surface area contributed by atoms with Crippen molar-refractivity contribution in [2.45, 2.75) is 51.2 Å². The van der Waals surface area contributed by atoms with Gasteiger partial charge in [0.2, 0.25) is 0 Å². The highest BCUT2D eigenvalue weighted by atomic mass is 15.2. The third kappa shape index (κ3) is 2.60. The molecule has 3 rings (SSSR count). The van der Waals surface area contributed by atoms with Crippen LogP contribution in [0.15, 0.2) is 18.3 Å². The summed E-state index contributed by atoms with van der Waals surface area (Å²) in [4.78, 5) is 6.94. The molecule has 0 bridgehead atoms. The highest BCUT2D eigenvalue weighted by Crippen LogP contribution is 2.24. The van der Waals surface area contributed by atoms with Crippen molar-refractivity contribution >= 4 is 5.82 Å². The Bertz CT molecular complexity index is 387. The molecule has 1 atom stereocenters. The van der Waals surface area contributed by atoms with Crippen LogP contribution in [0, 0.1) is 0 Å². The minimum atomic E-state index is 0.647. The molecule has 2 aliphatic rings. The van der Waals surface area contributed by atoms with E-state index in [0.717, 1.165) is 24.9 Å². The molecule has 1 N–H and O–H groups in total. The Labute approximate surface area is 103 Å². The number of rotatable bonds is 4. The number of nitrogens with zero attached hydrogens (tertiary/aromatic N) is 2. The quantitative estimate of drug-likeness (QED) is 0.862. The molecule has 1 aromatic heterocycles. The second kappa shape index (κ2) is 4.65. The van der Waals surface area contributed by atoms with Crippen LogP contribution in [0.5, 0.6) is 0 Å². The zero-order valence-electron chi connectivity index (χ0n) is 10.5. The van der Waals surface area contributed by atoms with E-state index in [0.29, 0.717) is 6.04 Å². The van der Waals surface area contributed by atoms with E-state index in [1.54, 1.807) is 0 Å². The van der Waals surface area contributed by atoms with E-state index in [4.69, 9.17) is 0 Å². The second-order valence-corrected chi connectivity index (χ2v) is 5.36. The first kappa shape index (κ1) is 11.0. The lowest BCUT2D eigenvalue weighted by atomic mass is 10.2. The first-order valence-corrected chi connectivity index (χ1v) is 6.78. The number of aromatic nitrogens is 1. The van der Waals surface area contributed by atoms with Crippen LogP contribution in [0.25, 0.3) is 0 Å². The van der Waals surface area contributed by atoms with Gasteiger partial charge in [-0.15, -0.1) is 0 Å². The Morgan fingerprint density at radius 2 is 2.29 bits per heavy atom. The molecule has 3 heteroatoms. The minimum Gasteiger partial charge on any atom is -0.354 e. The molecule has 0 aromatic carbocycles. The predicted octanol–water partition coefficient (Wildman–Crippen LogP) is 2.32. The molecule has 1 aliphatic heterocycles. The zero-order chi connectivity index (χ0) is 11.7. The molecule has 1 aromatic rings. The Morgan fingerprint density at radius 3 is 3.00 bits per heavy atom. The monoisotopic (exact) mass is 231 g/mol. The number of hydrogen-bond donors (Lipinski definition) is 1. The Morgan fingerprint density at radius 1 is 1.41 bits per heavy atom. The smallest absolute Gasteiger partial charge is 0.129 e. The van der Waals surface area contributed by atoms with E-state index >= 15 is 0 Å². The van der Waals surface area contributed by atoms with Gasteiger partial charge in [-0.05, 0) is 50.3 Å². The maximum absolute atomic E-state index is 4.51. The lowest BCUT2D eigenvalue weighted by Gasteiger charge is -2.22. The van der Waals surface area contributed by atoms with Crippen LogP contribution in [-0.4, -0.2) is 23.6 Å². The van der Waals surface area contributed by atoms with Crippen molar-refractivity contribution in [3.8, 4) is 0 Å². The zero-order valence-corrected chi connectivity index (χ0v) is 10.5. The summed E-state index contributed by atoms with van der Waals surface area (Å²) in [5.74, 6) is 1.16. The average molecular weight is 231 g/mol. The maximum Gasteiger partial charge on any atom is 0.129 e. The van der Waals surface area contributed by atoms with Crippen LogP contribution in [0.1, 0.15) is 38.2 Å². The first-order valence-electron chi connectivity index (χ1n) is 6.78. The largest absolute Gasteiger partial charge is 0.354 e. The molecule has 1 aliphatic carbocycles. The fourth-order valence-corrected chi connectivity index (χ4v) is 2.55. The molecule has 0 spiro atoms. The minimum absolute atomic E-state index is 0.647. The Kier molecular flexibility index (Phi) is 3.02. The van der Waals surface area contributed by atoms with Crippen LogP contribution in [0.4, 0.5) is 5.82 Å². The summed E-state index contributed by atoms with van der Waals surface area (Å²) in [6.45, 7) is 4.44. The van der Waals surface area contributed by atoms with Crippen molar-refractivity contribution in [1.29, 1.82) is 0 Å². The van der Waals surface area contributed by atoms with Gasteiger partial charge in [0.1, 0.15) is 5.82 Å². The number of hydrogen-bond acceptors (Lipinski definition) is 3. The van der Waals surface area contributed by atoms with Crippen LogP contribution >= 0.6 is 0 Å². The van der Waals surface area contributed by atoms with Gasteiger partial charge in [-0.1, -0.05) is 0 Å². The lowest BCUT2D eigenvalue weighted by Crippen LogP contribution is -2.27. The second-order valence-electron chi connectivity index (χ2n) is 5.36. The highest BCUT2D eigenvalue weighted by molar-refractivity contribution is 5.43. The third-order valence-corrected chi connectivity index (χ3v) is 3.83. The van der Waals surface area contributed by atoms with Crippen molar-refractivity contribution in [3.05, 3.63) is 23.9 Å². The normalized spacial score (nSPS) is 24.3. The van der Waals surface area contributed by atoms with Crippen LogP contribution in [0.2, 0.25) is 0 Å². The summed E-state index contributed by atoms with van der Waals surface area (Å²) < 4.78 is 0. The fraction of sp³-hybridized carbons (Fsp3) is 0.643. The summed E-state index contributed by atoms with van der Waals surface area (Å²) in [6.07, 6.45) is 7.24. The van der Waals surface area contributed by atoms with E-state index in [9.17, 15) is 0 Å². The van der Waals surface area contributed by atoms with Gasteiger partial charge in [0.25, 0.3) is 0 Å². The van der Waals surface area contributed by atoms with E-state index in [1.807, 2.05) is 6.20 Å². The summed E-state index contributed by atoms with van der Waals surface area (Å²) in [5, 5.41) is 3.56. The maximum atomic E-state index is 4.51. The topological polar surface area (TPSA) is 28.2 Å². The average Bonchev–Trinajstić information content (AvgIpc) is 3.08. The molecular weight excluding hydrogens is 210 g/mol. The van der Waals surface area contributed by atoms with Crippen LogP contribution in [-0.2, 0) is 6.54 Å². The molecule has 3 nitrogen and oxygen atoms in total. The number of nitrogens with one attached hydrogen (secondary N) is 1. The highest BCUT2D eigenvalue weighted by Gasteiger charge is 2.22. The third-order valence-electron chi connectivity index (χ3n) is 3.83. The molecule has 1 unspecified atom stereocenters. The van der Waals surface area contributed by atoms with Gasteiger partial charge in [0, 0.05) is 31.4 Å². The summed E-state index contributed by atoms with van der Waals surface area (Å²) in [6, 6.07) is 5.79. The molecule has 17 heavy (non-hydrogen) atoms. The van der Waals surface area contributed by atoms with Gasteiger partial charge in [-0.25, -0.2) is 4.98 Å². The number of anilines is 1. The first-order chi connectivity index (χ1) is 8.33. The van der Waals surface area contributed by atoms with Gasteiger partial charge < -0.3 is 10.2 Å². The van der Waals surface area contributed by atoms with Crippen LogP contribution in [0.3, 0.4) is 0 Å². The van der Waals surface area contributed by atoms with Gasteiger partial charge in [-0.2, -0.15) is 0 Å². The van der Waals surface area contributed by atoms with Crippen molar-refractivity contribution in [2.24, 2.45) is 0 Å². The van der Waals surface area contributed by atoms with Crippen molar-refractivity contribution < 1.29 is 0 Å². The van der Waals surface area contributed by atoms with Gasteiger partial charge in [0.15, 0.2) is 0 Å². The van der Waals surface area contributed by atoms with Gasteiger partial charge in [-0.3, -0.25) is 0 Å². The molecule has 0 radical (unpaired) electrons. The number of pyridine rings is 1. The van der Waals surface area contributed by atoms with Crippen molar-refractivity contribution in [3.63, 3.8) is 0 Å². The standard InChI is InChI=1S/C14H21N3/c1-11-3-2-8-17(11)14-9-12(6-7-15-14)10-16-13-4-5-13/h6-7,9,11,13,16H,2-5,8,10H2,1H3. The summed E-state index contributed by atoms with van der Waals surface area (Å²) in [7, 11) is 0. The van der Waals surface area contributed by atoms with Crippen LogP contribution < -0.4 is 10.2 Å². The molecule has 92 valence electrons. The molecule has 2 fully saturated rings. The van der Waals surface area contributed by atoms with E-state index < -0.39 is 0 Å². The fourth-order valence-electron chi connectivity index (χ4n) is 2.55. The van der Waals surface area contributed by atoms with Crippen molar-refractivity contribution in [1.82, 2.24) is 10.3 Å².